The lowest BCUT2D eigenvalue weighted by Crippen LogP contribution is -2.03. The summed E-state index contributed by atoms with van der Waals surface area (Å²) in [5, 5.41) is 13.8. The number of aromatic nitrogens is 2. The first kappa shape index (κ1) is 10.6. The molecule has 0 saturated heterocycles. The molecule has 0 amide bonds. The minimum absolute atomic E-state index is 0.0308. The molecule has 0 unspecified atom stereocenters. The molecule has 2 aromatic heterocycles. The first-order chi connectivity index (χ1) is 7.75. The summed E-state index contributed by atoms with van der Waals surface area (Å²) in [5.41, 5.74) is 3.44. The topological polar surface area (TPSA) is 75.1 Å². The van der Waals surface area contributed by atoms with E-state index in [0.29, 0.717) is 6.54 Å². The van der Waals surface area contributed by atoms with E-state index in [1.54, 1.807) is 11.6 Å². The van der Waals surface area contributed by atoms with Gasteiger partial charge in [0.1, 0.15) is 5.69 Å². The van der Waals surface area contributed by atoms with Crippen LogP contribution in [0.2, 0.25) is 0 Å². The van der Waals surface area contributed by atoms with Gasteiger partial charge in [-0.25, -0.2) is 14.8 Å². The lowest BCUT2D eigenvalue weighted by Gasteiger charge is -2.04. The smallest absolute Gasteiger partial charge is 0.354 e. The van der Waals surface area contributed by atoms with Crippen molar-refractivity contribution in [3.63, 3.8) is 0 Å². The average Bonchev–Trinajstić information content (AvgIpc) is 2.79. The predicted molar refractivity (Wildman–Crippen MR) is 60.6 cm³/mol. The number of hydrogen-bond donors (Lipinski definition) is 2. The van der Waals surface area contributed by atoms with E-state index >= 15 is 0 Å². The molecule has 2 rings (SSSR count). The highest BCUT2D eigenvalue weighted by molar-refractivity contribution is 7.07. The van der Waals surface area contributed by atoms with Gasteiger partial charge in [0.05, 0.1) is 17.7 Å². The molecule has 6 heteroatoms. The van der Waals surface area contributed by atoms with E-state index in [4.69, 9.17) is 5.11 Å². The molecular weight excluding hydrogens is 226 g/mol. The van der Waals surface area contributed by atoms with E-state index in [1.807, 2.05) is 5.38 Å². The second-order valence-corrected chi connectivity index (χ2v) is 3.79. The van der Waals surface area contributed by atoms with Crippen LogP contribution in [0.4, 0.5) is 5.69 Å². The van der Waals surface area contributed by atoms with Crippen LogP contribution in [0.25, 0.3) is 0 Å². The molecule has 0 fully saturated rings. The highest BCUT2D eigenvalue weighted by Crippen LogP contribution is 2.10. The molecule has 0 aromatic carbocycles. The van der Waals surface area contributed by atoms with E-state index in [1.165, 1.54) is 23.6 Å². The summed E-state index contributed by atoms with van der Waals surface area (Å²) < 4.78 is 0. The van der Waals surface area contributed by atoms with Crippen molar-refractivity contribution in [2.45, 2.75) is 6.54 Å². The van der Waals surface area contributed by atoms with Gasteiger partial charge in [0.2, 0.25) is 0 Å². The second kappa shape index (κ2) is 4.71. The minimum Gasteiger partial charge on any atom is -0.477 e. The molecule has 2 aromatic rings. The summed E-state index contributed by atoms with van der Waals surface area (Å²) in [5.74, 6) is -1.03. The zero-order valence-corrected chi connectivity index (χ0v) is 9.07. The Morgan fingerprint density at radius 3 is 3.06 bits per heavy atom. The van der Waals surface area contributed by atoms with E-state index < -0.39 is 5.97 Å². The van der Waals surface area contributed by atoms with Crippen LogP contribution in [0.5, 0.6) is 0 Å². The predicted octanol–water partition coefficient (Wildman–Crippen LogP) is 1.85. The summed E-state index contributed by atoms with van der Waals surface area (Å²) in [6.45, 7) is 0.576. The fourth-order valence-electron chi connectivity index (χ4n) is 1.17. The summed E-state index contributed by atoms with van der Waals surface area (Å²) in [7, 11) is 0. The van der Waals surface area contributed by atoms with Crippen LogP contribution >= 0.6 is 11.3 Å². The van der Waals surface area contributed by atoms with Crippen LogP contribution in [0, 0.1) is 0 Å². The number of nitrogens with one attached hydrogen (secondary N) is 1. The number of anilines is 1. The fourth-order valence-corrected chi connectivity index (χ4v) is 1.73. The Morgan fingerprint density at radius 2 is 2.38 bits per heavy atom. The molecule has 0 bridgehead atoms. The third-order valence-electron chi connectivity index (χ3n) is 1.94. The van der Waals surface area contributed by atoms with Crippen molar-refractivity contribution >= 4 is 23.0 Å². The quantitative estimate of drug-likeness (QED) is 0.845. The van der Waals surface area contributed by atoms with Crippen molar-refractivity contribution in [2.24, 2.45) is 0 Å². The number of carboxylic acids is 1. The van der Waals surface area contributed by atoms with E-state index in [-0.39, 0.29) is 5.69 Å². The normalized spacial score (nSPS) is 10.0. The van der Waals surface area contributed by atoms with Crippen LogP contribution in [0.15, 0.2) is 29.2 Å². The van der Waals surface area contributed by atoms with Crippen molar-refractivity contribution in [3.8, 4) is 0 Å². The Hall–Kier alpha value is -1.95. The largest absolute Gasteiger partial charge is 0.477 e. The van der Waals surface area contributed by atoms with Gasteiger partial charge in [0.15, 0.2) is 0 Å². The van der Waals surface area contributed by atoms with Gasteiger partial charge in [0, 0.05) is 17.3 Å². The van der Waals surface area contributed by atoms with Gasteiger partial charge < -0.3 is 10.4 Å². The zero-order chi connectivity index (χ0) is 11.4. The minimum atomic E-state index is -1.03. The number of pyridine rings is 1. The molecule has 0 aliphatic rings. The van der Waals surface area contributed by atoms with Crippen molar-refractivity contribution in [1.29, 1.82) is 0 Å². The van der Waals surface area contributed by atoms with Crippen molar-refractivity contribution in [2.75, 3.05) is 5.32 Å². The van der Waals surface area contributed by atoms with Crippen molar-refractivity contribution < 1.29 is 9.90 Å². The highest BCUT2D eigenvalue weighted by Gasteiger charge is 2.04. The zero-order valence-electron chi connectivity index (χ0n) is 8.25. The molecule has 0 spiro atoms. The number of thiazole rings is 1. The van der Waals surface area contributed by atoms with Crippen LogP contribution < -0.4 is 5.32 Å². The molecule has 16 heavy (non-hydrogen) atoms. The standard InChI is InChI=1S/C10H9N3O2S/c14-10(15)9-3-7(1-2-11-9)12-4-8-5-16-6-13-8/h1-3,5-6H,4H2,(H,11,12)(H,14,15). The number of nitrogens with zero attached hydrogens (tertiary/aromatic N) is 2. The molecular formula is C10H9N3O2S. The monoisotopic (exact) mass is 235 g/mol. The highest BCUT2D eigenvalue weighted by atomic mass is 32.1. The van der Waals surface area contributed by atoms with Gasteiger partial charge in [-0.2, -0.15) is 0 Å². The van der Waals surface area contributed by atoms with E-state index in [9.17, 15) is 4.79 Å². The first-order valence-electron chi connectivity index (χ1n) is 4.56. The summed E-state index contributed by atoms with van der Waals surface area (Å²) >= 11 is 1.53. The number of carboxylic acid groups (broad SMARTS) is 1. The molecule has 0 aliphatic carbocycles. The third kappa shape index (κ3) is 2.54. The Balaban J connectivity index is 2.04. The van der Waals surface area contributed by atoms with Gasteiger partial charge in [0.25, 0.3) is 0 Å². The maximum absolute atomic E-state index is 10.7. The number of carbonyl (C=O) groups is 1. The number of hydrogen-bond acceptors (Lipinski definition) is 5. The SMILES string of the molecule is O=C(O)c1cc(NCc2cscn2)ccn1. The van der Waals surface area contributed by atoms with Gasteiger partial charge in [-0.05, 0) is 12.1 Å². The van der Waals surface area contributed by atoms with Gasteiger partial charge in [-0.15, -0.1) is 11.3 Å². The van der Waals surface area contributed by atoms with Crippen molar-refractivity contribution in [1.82, 2.24) is 9.97 Å². The van der Waals surface area contributed by atoms with Crippen molar-refractivity contribution in [3.05, 3.63) is 40.6 Å². The Kier molecular flexibility index (Phi) is 3.11. The fraction of sp³-hybridized carbons (Fsp3) is 0.100. The number of aromatic carboxylic acids is 1. The lowest BCUT2D eigenvalue weighted by atomic mass is 10.3. The summed E-state index contributed by atoms with van der Waals surface area (Å²) in [4.78, 5) is 18.5. The summed E-state index contributed by atoms with van der Waals surface area (Å²) in [6, 6.07) is 3.22. The lowest BCUT2D eigenvalue weighted by molar-refractivity contribution is 0.0690. The van der Waals surface area contributed by atoms with Crippen LogP contribution in [-0.4, -0.2) is 21.0 Å². The second-order valence-electron chi connectivity index (χ2n) is 3.07. The average molecular weight is 235 g/mol. The molecule has 82 valence electrons. The van der Waals surface area contributed by atoms with Crippen LogP contribution in [0.3, 0.4) is 0 Å². The Labute approximate surface area is 95.8 Å². The summed E-state index contributed by atoms with van der Waals surface area (Å²) in [6.07, 6.45) is 1.47. The Bertz CT molecular complexity index is 485. The molecule has 2 heterocycles. The van der Waals surface area contributed by atoms with Gasteiger partial charge in [-0.1, -0.05) is 0 Å². The maximum Gasteiger partial charge on any atom is 0.354 e. The Morgan fingerprint density at radius 1 is 1.50 bits per heavy atom. The number of rotatable bonds is 4. The first-order valence-corrected chi connectivity index (χ1v) is 5.50. The van der Waals surface area contributed by atoms with E-state index in [2.05, 4.69) is 15.3 Å². The van der Waals surface area contributed by atoms with Crippen LogP contribution in [0.1, 0.15) is 16.2 Å². The van der Waals surface area contributed by atoms with E-state index in [0.717, 1.165) is 11.4 Å². The maximum atomic E-state index is 10.7. The molecule has 0 radical (unpaired) electrons. The molecule has 5 nitrogen and oxygen atoms in total. The van der Waals surface area contributed by atoms with Crippen LogP contribution in [-0.2, 0) is 6.54 Å². The molecule has 0 aliphatic heterocycles. The van der Waals surface area contributed by atoms with Gasteiger partial charge in [-0.3, -0.25) is 0 Å². The van der Waals surface area contributed by atoms with Gasteiger partial charge >= 0.3 is 5.97 Å². The third-order valence-corrected chi connectivity index (χ3v) is 2.57. The molecule has 0 saturated carbocycles. The molecule has 2 N–H and O–H groups in total. The molecule has 0 atom stereocenters.